The second-order valence-electron chi connectivity index (χ2n) is 27.8. The molecule has 392 valence electrons. The third-order valence-corrected chi connectivity index (χ3v) is 20.8. The molecule has 12 aromatic rings. The standard InChI is InChI=1S/C74H67BN4S/c1-70(2,3)43-27-30-46(31-28-43)79-59-38-49-48-36-54-55(73(9,10)34-33-72(54,7)8)39-53(48)74(11,12)52(49)37-51(59)63-64-47-25-19-20-26-62(47)80-68(64)65-50-35-44(71(4,5)6)29-32-58(50)78-60-41-61-57(40-56(60)75(79)66(63)67(65)78)76-69(42-21-15-13-16-22-42)77(61)45-23-17-14-18-24-45/h13-32,35-41H,33-34H2,1-12H3. The quantitative estimate of drug-likeness (QED) is 0.165. The molecule has 0 radical (unpaired) electrons. The van der Waals surface area contributed by atoms with Crippen LogP contribution in [0.5, 0.6) is 0 Å². The van der Waals surface area contributed by atoms with Gasteiger partial charge in [-0.3, -0.25) is 4.57 Å². The Kier molecular flexibility index (Phi) is 9.55. The summed E-state index contributed by atoms with van der Waals surface area (Å²) in [5, 5.41) is 5.37. The number of hydrogen-bond donors (Lipinski definition) is 0. The number of para-hydroxylation sites is 1. The van der Waals surface area contributed by atoms with E-state index in [-0.39, 0.29) is 33.9 Å². The van der Waals surface area contributed by atoms with Crippen molar-refractivity contribution in [2.24, 2.45) is 0 Å². The molecule has 0 saturated carbocycles. The molecule has 0 fully saturated rings. The van der Waals surface area contributed by atoms with E-state index in [1.54, 1.807) is 0 Å². The van der Waals surface area contributed by atoms with Crippen molar-refractivity contribution in [3.63, 3.8) is 0 Å². The van der Waals surface area contributed by atoms with Gasteiger partial charge in [-0.1, -0.05) is 174 Å². The third kappa shape index (κ3) is 6.43. The van der Waals surface area contributed by atoms with Crippen LogP contribution in [0.3, 0.4) is 0 Å². The summed E-state index contributed by atoms with van der Waals surface area (Å²) in [5.41, 5.74) is 27.0. The fourth-order valence-corrected chi connectivity index (χ4v) is 16.4. The van der Waals surface area contributed by atoms with Gasteiger partial charge >= 0.3 is 6.85 Å². The summed E-state index contributed by atoms with van der Waals surface area (Å²) in [7, 11) is 0. The van der Waals surface area contributed by atoms with Gasteiger partial charge < -0.3 is 9.38 Å². The van der Waals surface area contributed by atoms with Gasteiger partial charge in [0.1, 0.15) is 5.82 Å². The fourth-order valence-electron chi connectivity index (χ4n) is 15.1. The largest absolute Gasteiger partial charge is 0.376 e. The summed E-state index contributed by atoms with van der Waals surface area (Å²) in [5.74, 6) is 0.936. The molecule has 5 heterocycles. The van der Waals surface area contributed by atoms with Crippen LogP contribution in [0.4, 0.5) is 11.4 Å². The molecule has 0 bridgehead atoms. The molecule has 16 rings (SSSR count). The summed E-state index contributed by atoms with van der Waals surface area (Å²) in [6, 6.07) is 63.4. The molecule has 0 unspecified atom stereocenters. The van der Waals surface area contributed by atoms with Gasteiger partial charge in [0.25, 0.3) is 0 Å². The van der Waals surface area contributed by atoms with E-state index in [1.807, 2.05) is 11.3 Å². The molecule has 6 heteroatoms. The number of benzene rings is 9. The molecule has 4 nitrogen and oxygen atoms in total. The minimum Gasteiger partial charge on any atom is -0.376 e. The number of hydrogen-bond acceptors (Lipinski definition) is 3. The molecule has 0 N–H and O–H groups in total. The Hall–Kier alpha value is -7.67. The topological polar surface area (TPSA) is 26.0 Å². The van der Waals surface area contributed by atoms with Crippen LogP contribution in [-0.4, -0.2) is 21.0 Å². The summed E-state index contributed by atoms with van der Waals surface area (Å²) in [6.45, 7) is 28.7. The zero-order chi connectivity index (χ0) is 54.9. The van der Waals surface area contributed by atoms with Crippen LogP contribution >= 0.6 is 11.3 Å². The highest BCUT2D eigenvalue weighted by Gasteiger charge is 2.49. The molecule has 3 aromatic heterocycles. The zero-order valence-corrected chi connectivity index (χ0v) is 49.1. The Morgan fingerprint density at radius 2 is 1.14 bits per heavy atom. The third-order valence-electron chi connectivity index (χ3n) is 19.7. The van der Waals surface area contributed by atoms with Crippen molar-refractivity contribution in [1.29, 1.82) is 0 Å². The van der Waals surface area contributed by atoms with Crippen LogP contribution in [0.2, 0.25) is 0 Å². The number of anilines is 2. The first-order valence-electron chi connectivity index (χ1n) is 29.1. The zero-order valence-electron chi connectivity index (χ0n) is 48.3. The van der Waals surface area contributed by atoms with Crippen molar-refractivity contribution in [3.8, 4) is 45.0 Å². The maximum absolute atomic E-state index is 5.72. The molecule has 4 aliphatic rings. The van der Waals surface area contributed by atoms with E-state index in [1.165, 1.54) is 138 Å². The lowest BCUT2D eigenvalue weighted by Crippen LogP contribution is -2.60. The molecule has 80 heavy (non-hydrogen) atoms. The summed E-state index contributed by atoms with van der Waals surface area (Å²) in [4.78, 5) is 8.48. The van der Waals surface area contributed by atoms with Gasteiger partial charge in [0, 0.05) is 70.2 Å². The monoisotopic (exact) mass is 1050 g/mol. The smallest absolute Gasteiger partial charge is 0.333 e. The molecule has 9 aromatic carbocycles. The first-order valence-corrected chi connectivity index (χ1v) is 29.9. The normalized spacial score (nSPS) is 16.4. The van der Waals surface area contributed by atoms with Gasteiger partial charge in [-0.05, 0) is 168 Å². The van der Waals surface area contributed by atoms with E-state index in [2.05, 4.69) is 261 Å². The van der Waals surface area contributed by atoms with Crippen LogP contribution in [0.1, 0.15) is 129 Å². The SMILES string of the molecule is CC(C)(C)c1ccc(N2B3c4cc5nc(-c6ccccc6)n(-c6ccccc6)c5cc4-n4c5ccc(C(C)(C)C)cc5c5c6sc7ccccc7c6c(c3c54)-c3cc4c(cc32)-c2cc3c(cc2C4(C)C)C(C)(C)CCC3(C)C)cc1. The first-order chi connectivity index (χ1) is 38.2. The van der Waals surface area contributed by atoms with Gasteiger partial charge in [-0.25, -0.2) is 4.98 Å². The minimum atomic E-state index is -0.232. The average molecular weight is 1060 g/mol. The Bertz CT molecular complexity index is 4680. The van der Waals surface area contributed by atoms with E-state index in [9.17, 15) is 0 Å². The van der Waals surface area contributed by atoms with Crippen LogP contribution in [0.15, 0.2) is 164 Å². The number of aromatic nitrogens is 3. The van der Waals surface area contributed by atoms with Gasteiger partial charge in [0.05, 0.1) is 22.1 Å². The molecular formula is C74H67BN4S. The van der Waals surface area contributed by atoms with Crippen molar-refractivity contribution in [2.45, 2.75) is 123 Å². The Balaban J connectivity index is 1.11. The molecule has 0 saturated heterocycles. The molecular weight excluding hydrogens is 988 g/mol. The van der Waals surface area contributed by atoms with Crippen molar-refractivity contribution < 1.29 is 0 Å². The van der Waals surface area contributed by atoms with Gasteiger partial charge in [-0.15, -0.1) is 11.3 Å². The minimum absolute atomic E-state index is 0.00968. The summed E-state index contributed by atoms with van der Waals surface area (Å²) in [6.07, 6.45) is 2.37. The van der Waals surface area contributed by atoms with E-state index < -0.39 is 0 Å². The Labute approximate surface area is 474 Å². The predicted molar refractivity (Wildman–Crippen MR) is 343 cm³/mol. The van der Waals surface area contributed by atoms with Gasteiger partial charge in [-0.2, -0.15) is 0 Å². The van der Waals surface area contributed by atoms with Crippen LogP contribution < -0.4 is 15.7 Å². The Morgan fingerprint density at radius 3 is 1.85 bits per heavy atom. The van der Waals surface area contributed by atoms with Crippen LogP contribution in [0.25, 0.3) is 98.0 Å². The first kappa shape index (κ1) is 48.3. The fraction of sp³-hybridized carbons (Fsp3) is 0.257. The van der Waals surface area contributed by atoms with E-state index in [0.717, 1.165) is 28.1 Å². The number of rotatable bonds is 3. The molecule has 2 aliphatic carbocycles. The number of fused-ring (bicyclic) bond motifs is 18. The second kappa shape index (κ2) is 15.8. The highest BCUT2D eigenvalue weighted by Crippen LogP contribution is 2.59. The summed E-state index contributed by atoms with van der Waals surface area (Å²) >= 11 is 1.98. The number of imidazole rings is 1. The average Bonchev–Trinajstić information content (AvgIpc) is 2.56. The maximum Gasteiger partial charge on any atom is 0.333 e. The van der Waals surface area contributed by atoms with Crippen molar-refractivity contribution in [1.82, 2.24) is 14.1 Å². The van der Waals surface area contributed by atoms with Gasteiger partial charge in [0.15, 0.2) is 0 Å². The lowest BCUT2D eigenvalue weighted by atomic mass is 9.43. The maximum atomic E-state index is 5.72. The van der Waals surface area contributed by atoms with Gasteiger partial charge in [0.2, 0.25) is 0 Å². The highest BCUT2D eigenvalue weighted by atomic mass is 32.1. The molecule has 0 amide bonds. The highest BCUT2D eigenvalue weighted by molar-refractivity contribution is 7.27. The predicted octanol–water partition coefficient (Wildman–Crippen LogP) is 18.6. The molecule has 0 atom stereocenters. The lowest BCUT2D eigenvalue weighted by molar-refractivity contribution is 0.331. The van der Waals surface area contributed by atoms with E-state index >= 15 is 0 Å². The van der Waals surface area contributed by atoms with Crippen molar-refractivity contribution in [3.05, 3.63) is 197 Å². The summed E-state index contributed by atoms with van der Waals surface area (Å²) < 4.78 is 7.77. The molecule has 0 spiro atoms. The number of nitrogens with zero attached hydrogens (tertiary/aromatic N) is 4. The van der Waals surface area contributed by atoms with Crippen LogP contribution in [0, 0.1) is 0 Å². The van der Waals surface area contributed by atoms with E-state index in [0.29, 0.717) is 0 Å². The van der Waals surface area contributed by atoms with E-state index in [4.69, 9.17) is 4.98 Å². The van der Waals surface area contributed by atoms with Crippen molar-refractivity contribution >= 4 is 93.5 Å². The van der Waals surface area contributed by atoms with Crippen LogP contribution in [-0.2, 0) is 27.1 Å². The molecule has 2 aliphatic heterocycles. The Morgan fingerprint density at radius 1 is 0.512 bits per heavy atom. The second-order valence-corrected chi connectivity index (χ2v) is 28.9. The lowest BCUT2D eigenvalue weighted by Gasteiger charge is -2.43. The van der Waals surface area contributed by atoms with Crippen molar-refractivity contribution in [2.75, 3.05) is 4.81 Å². The number of thiophene rings is 1.